The van der Waals surface area contributed by atoms with Gasteiger partial charge < -0.3 is 15.2 Å². The van der Waals surface area contributed by atoms with Crippen molar-refractivity contribution in [3.63, 3.8) is 0 Å². The average molecular weight is 229 g/mol. The van der Waals surface area contributed by atoms with Crippen molar-refractivity contribution in [3.8, 4) is 0 Å². The van der Waals surface area contributed by atoms with Crippen LogP contribution in [0.4, 0.5) is 0 Å². The molecule has 1 unspecified atom stereocenters. The number of methoxy groups -OCH3 is 1. The van der Waals surface area contributed by atoms with Gasteiger partial charge in [0, 0.05) is 13.7 Å². The van der Waals surface area contributed by atoms with Crippen molar-refractivity contribution in [3.05, 3.63) is 0 Å². The molecule has 1 rings (SSSR count). The van der Waals surface area contributed by atoms with E-state index in [1.54, 1.807) is 7.11 Å². The van der Waals surface area contributed by atoms with Crippen LogP contribution in [0.2, 0.25) is 0 Å². The second-order valence-electron chi connectivity index (χ2n) is 5.88. The molecule has 96 valence electrons. The number of ether oxygens (including phenoxy) is 1. The van der Waals surface area contributed by atoms with Gasteiger partial charge in [-0.1, -0.05) is 13.8 Å². The van der Waals surface area contributed by atoms with Crippen molar-refractivity contribution in [2.75, 3.05) is 26.8 Å². The summed E-state index contributed by atoms with van der Waals surface area (Å²) in [5, 5.41) is 12.8. The smallest absolute Gasteiger partial charge is 0.0897 e. The van der Waals surface area contributed by atoms with Gasteiger partial charge in [0.25, 0.3) is 0 Å². The molecule has 16 heavy (non-hydrogen) atoms. The molecule has 0 radical (unpaired) electrons. The number of hydrogen-bond donors (Lipinski definition) is 2. The minimum Gasteiger partial charge on any atom is -0.389 e. The summed E-state index contributed by atoms with van der Waals surface area (Å²) in [5.74, 6) is 0.794. The minimum atomic E-state index is -0.370. The van der Waals surface area contributed by atoms with Crippen LogP contribution in [-0.4, -0.2) is 38.0 Å². The molecule has 0 aromatic rings. The van der Waals surface area contributed by atoms with E-state index in [9.17, 15) is 5.11 Å². The van der Waals surface area contributed by atoms with Crippen LogP contribution in [0.3, 0.4) is 0 Å². The number of nitrogens with one attached hydrogen (secondary N) is 1. The van der Waals surface area contributed by atoms with Gasteiger partial charge in [-0.2, -0.15) is 0 Å². The zero-order valence-electron chi connectivity index (χ0n) is 11.0. The van der Waals surface area contributed by atoms with Crippen LogP contribution in [0.1, 0.15) is 39.5 Å². The van der Waals surface area contributed by atoms with E-state index in [2.05, 4.69) is 19.2 Å². The van der Waals surface area contributed by atoms with E-state index in [0.717, 1.165) is 12.5 Å². The fourth-order valence-corrected chi connectivity index (χ4v) is 2.37. The summed E-state index contributed by atoms with van der Waals surface area (Å²) < 4.78 is 4.88. The van der Waals surface area contributed by atoms with Gasteiger partial charge >= 0.3 is 0 Å². The zero-order valence-corrected chi connectivity index (χ0v) is 11.0. The first-order valence-corrected chi connectivity index (χ1v) is 6.41. The molecule has 2 N–H and O–H groups in total. The maximum atomic E-state index is 9.47. The largest absolute Gasteiger partial charge is 0.389 e. The molecule has 0 bridgehead atoms. The first kappa shape index (κ1) is 13.9. The van der Waals surface area contributed by atoms with Gasteiger partial charge in [-0.3, -0.25) is 0 Å². The molecule has 0 aromatic heterocycles. The highest BCUT2D eigenvalue weighted by atomic mass is 16.5. The topological polar surface area (TPSA) is 41.5 Å². The lowest BCUT2D eigenvalue weighted by Crippen LogP contribution is -2.35. The number of aliphatic hydroxyl groups is 1. The summed E-state index contributed by atoms with van der Waals surface area (Å²) in [7, 11) is 1.62. The maximum absolute atomic E-state index is 9.47. The van der Waals surface area contributed by atoms with Gasteiger partial charge in [0.1, 0.15) is 0 Å². The molecule has 0 amide bonds. The Bertz CT molecular complexity index is 184. The van der Waals surface area contributed by atoms with Crippen molar-refractivity contribution in [1.82, 2.24) is 5.32 Å². The van der Waals surface area contributed by atoms with Gasteiger partial charge in [0.2, 0.25) is 0 Å². The second kappa shape index (κ2) is 6.58. The second-order valence-corrected chi connectivity index (χ2v) is 5.88. The molecule has 1 atom stereocenters. The molecule has 0 heterocycles. The third-order valence-electron chi connectivity index (χ3n) is 3.63. The lowest BCUT2D eigenvalue weighted by Gasteiger charge is -2.34. The van der Waals surface area contributed by atoms with Crippen molar-refractivity contribution in [2.45, 2.75) is 45.6 Å². The lowest BCUT2D eigenvalue weighted by atomic mass is 9.73. The number of rotatable bonds is 6. The Balaban J connectivity index is 2.06. The number of aliphatic hydroxyl groups excluding tert-OH is 1. The molecule has 3 nitrogen and oxygen atoms in total. The molecule has 0 saturated heterocycles. The van der Waals surface area contributed by atoms with Crippen LogP contribution in [0.25, 0.3) is 0 Å². The fraction of sp³-hybridized carbons (Fsp3) is 1.00. The van der Waals surface area contributed by atoms with Gasteiger partial charge in [-0.25, -0.2) is 0 Å². The van der Waals surface area contributed by atoms with Gasteiger partial charge in [0.15, 0.2) is 0 Å². The fourth-order valence-electron chi connectivity index (χ4n) is 2.37. The van der Waals surface area contributed by atoms with Crippen molar-refractivity contribution < 1.29 is 9.84 Å². The number of hydrogen-bond acceptors (Lipinski definition) is 3. The Labute approximate surface area is 99.6 Å². The normalized spacial score (nSPS) is 23.2. The standard InChI is InChI=1S/C13H27NO2/c1-13(2)6-4-11(5-7-13)8-14-9-12(15)10-16-3/h11-12,14-15H,4-10H2,1-3H3. The Morgan fingerprint density at radius 3 is 2.56 bits per heavy atom. The lowest BCUT2D eigenvalue weighted by molar-refractivity contribution is 0.0631. The van der Waals surface area contributed by atoms with Gasteiger partial charge in [0.05, 0.1) is 12.7 Å². The highest BCUT2D eigenvalue weighted by Gasteiger charge is 2.26. The summed E-state index contributed by atoms with van der Waals surface area (Å²) in [6.07, 6.45) is 4.94. The molecule has 3 heteroatoms. The van der Waals surface area contributed by atoms with Crippen molar-refractivity contribution >= 4 is 0 Å². The Morgan fingerprint density at radius 2 is 2.00 bits per heavy atom. The predicted octanol–water partition coefficient (Wildman–Crippen LogP) is 1.80. The van der Waals surface area contributed by atoms with Crippen LogP contribution in [0, 0.1) is 11.3 Å². The summed E-state index contributed by atoms with van der Waals surface area (Å²) in [6, 6.07) is 0. The van der Waals surface area contributed by atoms with E-state index < -0.39 is 0 Å². The minimum absolute atomic E-state index is 0.370. The molecule has 0 spiro atoms. The van der Waals surface area contributed by atoms with Gasteiger partial charge in [-0.15, -0.1) is 0 Å². The monoisotopic (exact) mass is 229 g/mol. The molecule has 1 saturated carbocycles. The molecule has 1 aliphatic rings. The van der Waals surface area contributed by atoms with E-state index in [1.165, 1.54) is 25.7 Å². The Kier molecular flexibility index (Phi) is 5.73. The molecule has 0 aliphatic heterocycles. The van der Waals surface area contributed by atoms with E-state index in [0.29, 0.717) is 18.6 Å². The van der Waals surface area contributed by atoms with Crippen LogP contribution < -0.4 is 5.32 Å². The molecular weight excluding hydrogens is 202 g/mol. The maximum Gasteiger partial charge on any atom is 0.0897 e. The van der Waals surface area contributed by atoms with E-state index in [-0.39, 0.29) is 6.10 Å². The average Bonchev–Trinajstić information content (AvgIpc) is 2.21. The highest BCUT2D eigenvalue weighted by Crippen LogP contribution is 2.37. The SMILES string of the molecule is COCC(O)CNCC1CCC(C)(C)CC1. The third-order valence-corrected chi connectivity index (χ3v) is 3.63. The zero-order chi connectivity index (χ0) is 12.0. The van der Waals surface area contributed by atoms with E-state index >= 15 is 0 Å². The van der Waals surface area contributed by atoms with Crippen LogP contribution >= 0.6 is 0 Å². The van der Waals surface area contributed by atoms with E-state index in [1.807, 2.05) is 0 Å². The summed E-state index contributed by atoms with van der Waals surface area (Å²) in [6.45, 7) is 6.83. The van der Waals surface area contributed by atoms with E-state index in [4.69, 9.17) is 4.74 Å². The summed E-state index contributed by atoms with van der Waals surface area (Å²) in [5.41, 5.74) is 0.548. The van der Waals surface area contributed by atoms with Crippen LogP contribution in [0.5, 0.6) is 0 Å². The Hall–Kier alpha value is -0.120. The van der Waals surface area contributed by atoms with Crippen molar-refractivity contribution in [1.29, 1.82) is 0 Å². The molecule has 1 fully saturated rings. The summed E-state index contributed by atoms with van der Waals surface area (Å²) in [4.78, 5) is 0. The highest BCUT2D eigenvalue weighted by molar-refractivity contribution is 4.79. The van der Waals surface area contributed by atoms with Crippen LogP contribution in [0.15, 0.2) is 0 Å². The predicted molar refractivity (Wildman–Crippen MR) is 66.5 cm³/mol. The molecule has 1 aliphatic carbocycles. The first-order chi connectivity index (χ1) is 7.53. The quantitative estimate of drug-likeness (QED) is 0.730. The van der Waals surface area contributed by atoms with Crippen molar-refractivity contribution in [2.24, 2.45) is 11.3 Å². The third kappa shape index (κ3) is 5.28. The van der Waals surface area contributed by atoms with Gasteiger partial charge in [-0.05, 0) is 43.6 Å². The van der Waals surface area contributed by atoms with Crippen LogP contribution in [-0.2, 0) is 4.74 Å². The first-order valence-electron chi connectivity index (χ1n) is 6.41. The molecule has 0 aromatic carbocycles. The molecular formula is C13H27NO2. The summed E-state index contributed by atoms with van der Waals surface area (Å²) >= 11 is 0. The Morgan fingerprint density at radius 1 is 1.38 bits per heavy atom.